The van der Waals surface area contributed by atoms with Gasteiger partial charge in [0.25, 0.3) is 0 Å². The summed E-state index contributed by atoms with van der Waals surface area (Å²) >= 11 is 0. The first-order valence-electron chi connectivity index (χ1n) is 7.93. The summed E-state index contributed by atoms with van der Waals surface area (Å²) in [6.07, 6.45) is 3.65. The van der Waals surface area contributed by atoms with Gasteiger partial charge in [-0.1, -0.05) is 30.3 Å². The van der Waals surface area contributed by atoms with Gasteiger partial charge < -0.3 is 15.7 Å². The molecular formula is C18H25IN4O. The number of rotatable bonds is 7. The summed E-state index contributed by atoms with van der Waals surface area (Å²) in [4.78, 5) is 8.40. The monoisotopic (exact) mass is 440 g/mol. The van der Waals surface area contributed by atoms with Crippen LogP contribution in [0, 0.1) is 0 Å². The van der Waals surface area contributed by atoms with Crippen LogP contribution in [0.25, 0.3) is 0 Å². The number of guanidine groups is 1. The minimum atomic E-state index is -0.623. The number of benzene rings is 1. The molecule has 3 N–H and O–H groups in total. The van der Waals surface area contributed by atoms with Crippen LogP contribution in [0.3, 0.4) is 0 Å². The van der Waals surface area contributed by atoms with Crippen molar-refractivity contribution < 1.29 is 5.11 Å². The summed E-state index contributed by atoms with van der Waals surface area (Å²) in [5.74, 6) is 0.719. The van der Waals surface area contributed by atoms with E-state index in [9.17, 15) is 5.11 Å². The smallest absolute Gasteiger partial charge is 0.191 e. The van der Waals surface area contributed by atoms with Crippen molar-refractivity contribution in [2.75, 3.05) is 19.6 Å². The highest BCUT2D eigenvalue weighted by Crippen LogP contribution is 2.10. The summed E-state index contributed by atoms with van der Waals surface area (Å²) in [6.45, 7) is 3.90. The van der Waals surface area contributed by atoms with Gasteiger partial charge in [-0.25, -0.2) is 0 Å². The molecule has 0 amide bonds. The van der Waals surface area contributed by atoms with Gasteiger partial charge in [0, 0.05) is 25.5 Å². The molecule has 5 nitrogen and oxygen atoms in total. The molecule has 1 aromatic heterocycles. The number of hydrogen-bond donors (Lipinski definition) is 3. The Morgan fingerprint density at radius 1 is 1.12 bits per heavy atom. The van der Waals surface area contributed by atoms with E-state index < -0.39 is 6.10 Å². The quantitative estimate of drug-likeness (QED) is 0.352. The van der Waals surface area contributed by atoms with E-state index >= 15 is 0 Å². The first-order chi connectivity index (χ1) is 11.3. The molecule has 6 heteroatoms. The van der Waals surface area contributed by atoms with Crippen molar-refractivity contribution in [3.8, 4) is 0 Å². The Morgan fingerprint density at radius 2 is 1.83 bits per heavy atom. The second-order valence-electron chi connectivity index (χ2n) is 5.18. The largest absolute Gasteiger partial charge is 0.386 e. The van der Waals surface area contributed by atoms with Crippen molar-refractivity contribution in [3.63, 3.8) is 0 Å². The third-order valence-electron chi connectivity index (χ3n) is 3.41. The molecule has 0 bridgehead atoms. The number of hydrogen-bond acceptors (Lipinski definition) is 3. The van der Waals surface area contributed by atoms with E-state index in [0.717, 1.165) is 31.0 Å². The molecule has 0 saturated heterocycles. The maximum atomic E-state index is 10.2. The molecule has 1 unspecified atom stereocenters. The van der Waals surface area contributed by atoms with Gasteiger partial charge >= 0.3 is 0 Å². The lowest BCUT2D eigenvalue weighted by atomic mass is 10.1. The molecule has 0 spiro atoms. The number of pyridine rings is 1. The third kappa shape index (κ3) is 7.27. The summed E-state index contributed by atoms with van der Waals surface area (Å²) in [7, 11) is 0. The summed E-state index contributed by atoms with van der Waals surface area (Å²) < 4.78 is 0. The standard InChI is InChI=1S/C18H24N4O.HI/c1-2-20-18(21-13-8-15-6-4-3-5-7-15)22-14-17(23)16-9-11-19-12-10-16;/h3-7,9-12,17,23H,2,8,13-14H2,1H3,(H2,20,21,22);1H. The summed E-state index contributed by atoms with van der Waals surface area (Å²) in [5, 5.41) is 16.6. The minimum Gasteiger partial charge on any atom is -0.386 e. The van der Waals surface area contributed by atoms with E-state index in [-0.39, 0.29) is 24.0 Å². The Morgan fingerprint density at radius 3 is 2.50 bits per heavy atom. The van der Waals surface area contributed by atoms with Gasteiger partial charge in [-0.05, 0) is 36.6 Å². The van der Waals surface area contributed by atoms with Crippen LogP contribution in [-0.2, 0) is 6.42 Å². The predicted octanol–water partition coefficient (Wildman–Crippen LogP) is 2.53. The molecule has 1 aromatic carbocycles. The Bertz CT molecular complexity index is 592. The van der Waals surface area contributed by atoms with Crippen LogP contribution in [0.1, 0.15) is 24.2 Å². The van der Waals surface area contributed by atoms with E-state index in [0.29, 0.717) is 6.54 Å². The van der Waals surface area contributed by atoms with Crippen molar-refractivity contribution >= 4 is 29.9 Å². The molecule has 0 fully saturated rings. The number of nitrogens with one attached hydrogen (secondary N) is 2. The maximum Gasteiger partial charge on any atom is 0.191 e. The average molecular weight is 440 g/mol. The van der Waals surface area contributed by atoms with Crippen molar-refractivity contribution in [1.29, 1.82) is 0 Å². The lowest BCUT2D eigenvalue weighted by molar-refractivity contribution is 0.187. The summed E-state index contributed by atoms with van der Waals surface area (Å²) in [5.41, 5.74) is 2.11. The first-order valence-corrected chi connectivity index (χ1v) is 7.93. The molecule has 0 aliphatic carbocycles. The van der Waals surface area contributed by atoms with Gasteiger partial charge in [0.2, 0.25) is 0 Å². The normalized spacial score (nSPS) is 12.2. The molecule has 0 saturated carbocycles. The van der Waals surface area contributed by atoms with Crippen molar-refractivity contribution in [3.05, 3.63) is 66.0 Å². The van der Waals surface area contributed by atoms with Crippen LogP contribution in [0.2, 0.25) is 0 Å². The van der Waals surface area contributed by atoms with Crippen LogP contribution in [0.4, 0.5) is 0 Å². The number of aliphatic hydroxyl groups excluding tert-OH is 1. The fourth-order valence-corrected chi connectivity index (χ4v) is 2.18. The van der Waals surface area contributed by atoms with Gasteiger partial charge in [0.05, 0.1) is 12.6 Å². The highest BCUT2D eigenvalue weighted by molar-refractivity contribution is 14.0. The van der Waals surface area contributed by atoms with Gasteiger partial charge in [-0.15, -0.1) is 24.0 Å². The molecule has 1 atom stereocenters. The van der Waals surface area contributed by atoms with E-state index in [1.165, 1.54) is 5.56 Å². The predicted molar refractivity (Wildman–Crippen MR) is 109 cm³/mol. The number of nitrogens with zero attached hydrogens (tertiary/aromatic N) is 2. The molecule has 24 heavy (non-hydrogen) atoms. The number of aliphatic imine (C=N–C) groups is 1. The van der Waals surface area contributed by atoms with E-state index in [1.54, 1.807) is 24.5 Å². The molecular weight excluding hydrogens is 415 g/mol. The number of halogens is 1. The van der Waals surface area contributed by atoms with Crippen LogP contribution in [0.15, 0.2) is 59.9 Å². The Labute approximate surface area is 160 Å². The Kier molecular flexibility index (Phi) is 10.0. The highest BCUT2D eigenvalue weighted by atomic mass is 127. The first kappa shape index (κ1) is 20.4. The van der Waals surface area contributed by atoms with Crippen LogP contribution in [0.5, 0.6) is 0 Å². The van der Waals surface area contributed by atoms with E-state index in [2.05, 4.69) is 32.7 Å². The fraction of sp³-hybridized carbons (Fsp3) is 0.333. The van der Waals surface area contributed by atoms with Gasteiger partial charge in [-0.2, -0.15) is 0 Å². The zero-order chi connectivity index (χ0) is 16.3. The molecule has 2 rings (SSSR count). The SMILES string of the molecule is CCNC(=NCC(O)c1ccncc1)NCCc1ccccc1.I. The van der Waals surface area contributed by atoms with Crippen LogP contribution < -0.4 is 10.6 Å². The highest BCUT2D eigenvalue weighted by Gasteiger charge is 2.06. The van der Waals surface area contributed by atoms with Crippen LogP contribution in [-0.4, -0.2) is 35.7 Å². The third-order valence-corrected chi connectivity index (χ3v) is 3.41. The van der Waals surface area contributed by atoms with E-state index in [4.69, 9.17) is 0 Å². The van der Waals surface area contributed by atoms with Crippen molar-refractivity contribution in [2.24, 2.45) is 4.99 Å². The van der Waals surface area contributed by atoms with Gasteiger partial charge in [-0.3, -0.25) is 9.98 Å². The summed E-state index contributed by atoms with van der Waals surface area (Å²) in [6, 6.07) is 13.9. The van der Waals surface area contributed by atoms with Gasteiger partial charge in [0.1, 0.15) is 0 Å². The molecule has 0 aliphatic rings. The van der Waals surface area contributed by atoms with Crippen molar-refractivity contribution in [1.82, 2.24) is 15.6 Å². The minimum absolute atomic E-state index is 0. The zero-order valence-corrected chi connectivity index (χ0v) is 16.2. The molecule has 1 heterocycles. The second kappa shape index (κ2) is 11.8. The van der Waals surface area contributed by atoms with Crippen LogP contribution >= 0.6 is 24.0 Å². The topological polar surface area (TPSA) is 69.5 Å². The zero-order valence-electron chi connectivity index (χ0n) is 13.9. The lowest BCUT2D eigenvalue weighted by Crippen LogP contribution is -2.38. The molecule has 130 valence electrons. The lowest BCUT2D eigenvalue weighted by Gasteiger charge is -2.13. The fourth-order valence-electron chi connectivity index (χ4n) is 2.18. The Balaban J connectivity index is 0.00000288. The maximum absolute atomic E-state index is 10.2. The Hall–Kier alpha value is -1.67. The van der Waals surface area contributed by atoms with E-state index in [1.807, 2.05) is 25.1 Å². The second-order valence-corrected chi connectivity index (χ2v) is 5.18. The molecule has 0 aliphatic heterocycles. The molecule has 0 radical (unpaired) electrons. The average Bonchev–Trinajstić information content (AvgIpc) is 2.61. The number of aliphatic hydroxyl groups is 1. The van der Waals surface area contributed by atoms with Gasteiger partial charge in [0.15, 0.2) is 5.96 Å². The van der Waals surface area contributed by atoms with Crippen molar-refractivity contribution in [2.45, 2.75) is 19.4 Å². The molecule has 2 aromatic rings. The number of aromatic nitrogens is 1.